The molecule has 0 spiro atoms. The standard InChI is InChI=1S/C64H82N4Si4/c1-22-44-35-45(23-25-47-38-49-27-29-51(40-69(14,15)61(2,3)4)65-57(49)59-55(47)33-31-53(67-59)42-71(18,19)63(8,9)10)37-46(36-44)24-26-48-39-50-28-30-52(41-70(16,17)62(5,6)7)66-58(50)60-56(48)34-32-54(68-60)43-72(20,21)64(11,12)13/h1,27-39H,40-43H2,2-21H3. The van der Waals surface area contributed by atoms with Crippen molar-refractivity contribution < 1.29 is 0 Å². The maximum Gasteiger partial charge on any atom is 0.0980 e. The highest BCUT2D eigenvalue weighted by molar-refractivity contribution is 6.81. The summed E-state index contributed by atoms with van der Waals surface area (Å²) in [6.45, 7) is 48.4. The minimum Gasteiger partial charge on any atom is -0.251 e. The van der Waals surface area contributed by atoms with Gasteiger partial charge in [-0.2, -0.15) is 0 Å². The van der Waals surface area contributed by atoms with E-state index in [0.29, 0.717) is 0 Å². The fourth-order valence-corrected chi connectivity index (χ4v) is 15.0. The van der Waals surface area contributed by atoms with Crippen LogP contribution in [0.1, 0.15) is 134 Å². The SMILES string of the molecule is C#Cc1cc(C#Cc2cc3ccc(C[Si](C)(C)C(C)(C)C)nc3c3nc(C[Si](C)(C)C(C)(C)C)ccc23)cc(C#Cc2cc3ccc(C[Si](C)(C)C(C)(C)C)nc3c3nc(C[Si](C)(C)C(C)(C)C)ccc23)c1. The van der Waals surface area contributed by atoms with Gasteiger partial charge in [0.2, 0.25) is 0 Å². The van der Waals surface area contributed by atoms with E-state index in [1.165, 1.54) is 0 Å². The second kappa shape index (κ2) is 19.3. The Labute approximate surface area is 438 Å². The number of rotatable bonds is 8. The zero-order valence-corrected chi connectivity index (χ0v) is 51.7. The van der Waals surface area contributed by atoms with Gasteiger partial charge in [0.1, 0.15) is 0 Å². The second-order valence-electron chi connectivity index (χ2n) is 27.7. The number of terminal acetylenes is 1. The highest BCUT2D eigenvalue weighted by Crippen LogP contribution is 2.42. The predicted octanol–water partition coefficient (Wildman–Crippen LogP) is 17.0. The van der Waals surface area contributed by atoms with Crippen LogP contribution in [0.4, 0.5) is 0 Å². The van der Waals surface area contributed by atoms with Gasteiger partial charge in [-0.05, 0) is 111 Å². The number of nitrogens with zero attached hydrogens (tertiary/aromatic N) is 4. The monoisotopic (exact) mass is 1020 g/mol. The molecule has 0 fully saturated rings. The van der Waals surface area contributed by atoms with E-state index in [1.807, 2.05) is 12.1 Å². The molecule has 0 bridgehead atoms. The van der Waals surface area contributed by atoms with Gasteiger partial charge in [0.25, 0.3) is 0 Å². The highest BCUT2D eigenvalue weighted by Gasteiger charge is 2.38. The van der Waals surface area contributed by atoms with Crippen molar-refractivity contribution in [3.63, 3.8) is 0 Å². The molecular weight excluding hydrogens is 937 g/mol. The van der Waals surface area contributed by atoms with Crippen LogP contribution in [0.2, 0.25) is 72.5 Å². The topological polar surface area (TPSA) is 51.6 Å². The van der Waals surface area contributed by atoms with Crippen LogP contribution < -0.4 is 0 Å². The van der Waals surface area contributed by atoms with Crippen LogP contribution >= 0.6 is 0 Å². The molecule has 8 heteroatoms. The van der Waals surface area contributed by atoms with Gasteiger partial charge in [-0.15, -0.1) is 6.42 Å². The van der Waals surface area contributed by atoms with E-state index in [9.17, 15) is 0 Å². The van der Waals surface area contributed by atoms with Gasteiger partial charge in [0, 0.05) is 72.1 Å². The first-order chi connectivity index (χ1) is 33.1. The number of aromatic nitrogens is 4. The second-order valence-corrected chi connectivity index (χ2v) is 50.2. The molecular formula is C64H82N4Si4. The summed E-state index contributed by atoms with van der Waals surface area (Å²) in [6.07, 6.45) is 6.13. The Hall–Kier alpha value is -5.15. The lowest BCUT2D eigenvalue weighted by molar-refractivity contribution is 0.712. The maximum absolute atomic E-state index is 6.13. The van der Waals surface area contributed by atoms with Gasteiger partial charge in [0.05, 0.1) is 54.4 Å². The first kappa shape index (κ1) is 54.6. The van der Waals surface area contributed by atoms with Gasteiger partial charge in [-0.3, -0.25) is 19.9 Å². The average Bonchev–Trinajstić information content (AvgIpc) is 3.25. The molecule has 7 aromatic rings. The van der Waals surface area contributed by atoms with Crippen molar-refractivity contribution in [2.24, 2.45) is 0 Å². The number of pyridine rings is 4. The average molecular weight is 1020 g/mol. The summed E-state index contributed by atoms with van der Waals surface area (Å²) in [5.41, 5.74) is 12.5. The molecule has 0 amide bonds. The minimum absolute atomic E-state index is 0.241. The third kappa shape index (κ3) is 11.6. The molecule has 3 aromatic carbocycles. The Balaban J connectivity index is 1.33. The van der Waals surface area contributed by atoms with Crippen LogP contribution in [0.3, 0.4) is 0 Å². The van der Waals surface area contributed by atoms with Crippen LogP contribution in [0.15, 0.2) is 78.9 Å². The maximum atomic E-state index is 6.13. The van der Waals surface area contributed by atoms with Crippen molar-refractivity contribution in [1.29, 1.82) is 0 Å². The van der Waals surface area contributed by atoms with Gasteiger partial charge in [-0.1, -0.05) is 177 Å². The van der Waals surface area contributed by atoms with Crippen molar-refractivity contribution in [3.05, 3.63) is 129 Å². The number of fused-ring (bicyclic) bond motifs is 6. The summed E-state index contributed by atoms with van der Waals surface area (Å²) in [5, 5.41) is 5.14. The van der Waals surface area contributed by atoms with Gasteiger partial charge >= 0.3 is 0 Å². The van der Waals surface area contributed by atoms with Crippen molar-refractivity contribution in [1.82, 2.24) is 19.9 Å². The molecule has 0 aliphatic heterocycles. The Morgan fingerprint density at radius 2 is 0.639 bits per heavy atom. The van der Waals surface area contributed by atoms with E-state index in [0.717, 1.165) is 118 Å². The quantitative estimate of drug-likeness (QED) is 0.0865. The van der Waals surface area contributed by atoms with Crippen LogP contribution in [0, 0.1) is 36.0 Å². The summed E-state index contributed by atoms with van der Waals surface area (Å²) < 4.78 is 0. The van der Waals surface area contributed by atoms with E-state index in [4.69, 9.17) is 26.4 Å². The van der Waals surface area contributed by atoms with Crippen LogP contribution in [-0.4, -0.2) is 52.2 Å². The highest BCUT2D eigenvalue weighted by atomic mass is 28.3. The Kier molecular flexibility index (Phi) is 14.6. The first-order valence-electron chi connectivity index (χ1n) is 26.2. The largest absolute Gasteiger partial charge is 0.251 e. The number of benzene rings is 3. The molecule has 72 heavy (non-hydrogen) atoms. The molecule has 0 unspecified atom stereocenters. The normalized spacial score (nSPS) is 13.3. The van der Waals surface area contributed by atoms with E-state index in [1.54, 1.807) is 0 Å². The zero-order chi connectivity index (χ0) is 53.2. The van der Waals surface area contributed by atoms with Crippen molar-refractivity contribution in [3.8, 4) is 36.0 Å². The van der Waals surface area contributed by atoms with E-state index in [2.05, 4.69) is 232 Å². The molecule has 0 saturated heterocycles. The summed E-state index contributed by atoms with van der Waals surface area (Å²) >= 11 is 0. The van der Waals surface area contributed by atoms with Gasteiger partial charge in [0.15, 0.2) is 0 Å². The number of hydrogen-bond acceptors (Lipinski definition) is 4. The third-order valence-corrected chi connectivity index (χ3v) is 39.1. The molecule has 7 rings (SSSR count). The van der Waals surface area contributed by atoms with Crippen LogP contribution in [-0.2, 0) is 24.2 Å². The van der Waals surface area contributed by atoms with Crippen LogP contribution in [0.25, 0.3) is 43.6 Å². The summed E-state index contributed by atoms with van der Waals surface area (Å²) in [7, 11) is -6.63. The van der Waals surface area contributed by atoms with Crippen molar-refractivity contribution in [2.45, 2.75) is 180 Å². The Morgan fingerprint density at radius 3 is 0.931 bits per heavy atom. The van der Waals surface area contributed by atoms with E-state index < -0.39 is 32.3 Å². The molecule has 0 N–H and O–H groups in total. The molecule has 4 aromatic heterocycles. The fraction of sp³-hybridized carbons (Fsp3) is 0.438. The summed E-state index contributed by atoms with van der Waals surface area (Å²) in [4.78, 5) is 21.7. The summed E-state index contributed by atoms with van der Waals surface area (Å²) in [6, 6.07) is 32.2. The van der Waals surface area contributed by atoms with E-state index in [-0.39, 0.29) is 20.2 Å². The van der Waals surface area contributed by atoms with E-state index >= 15 is 0 Å². The molecule has 4 nitrogen and oxygen atoms in total. The first-order valence-corrected chi connectivity index (χ1v) is 39.0. The van der Waals surface area contributed by atoms with Crippen molar-refractivity contribution >= 4 is 75.9 Å². The van der Waals surface area contributed by atoms with Crippen LogP contribution in [0.5, 0.6) is 0 Å². The fourth-order valence-electron chi connectivity index (χ4n) is 8.50. The molecule has 0 atom stereocenters. The molecule has 0 aliphatic rings. The smallest absolute Gasteiger partial charge is 0.0980 e. The molecule has 0 saturated carbocycles. The molecule has 0 aliphatic carbocycles. The molecule has 4 heterocycles. The lowest BCUT2D eigenvalue weighted by Gasteiger charge is -2.37. The summed E-state index contributed by atoms with van der Waals surface area (Å²) in [5.74, 6) is 17.1. The Morgan fingerprint density at radius 1 is 0.361 bits per heavy atom. The zero-order valence-electron chi connectivity index (χ0n) is 47.7. The predicted molar refractivity (Wildman–Crippen MR) is 324 cm³/mol. The Bertz CT molecular complexity index is 3210. The third-order valence-electron chi connectivity index (χ3n) is 17.9. The van der Waals surface area contributed by atoms with Crippen molar-refractivity contribution in [2.75, 3.05) is 0 Å². The molecule has 0 radical (unpaired) electrons. The lowest BCUT2D eigenvalue weighted by atomic mass is 10.0. The molecule has 374 valence electrons. The van der Waals surface area contributed by atoms with Gasteiger partial charge in [-0.25, -0.2) is 0 Å². The minimum atomic E-state index is -1.67. The van der Waals surface area contributed by atoms with Gasteiger partial charge < -0.3 is 0 Å². The lowest BCUT2D eigenvalue weighted by Crippen LogP contribution is -2.40. The number of hydrogen-bond donors (Lipinski definition) is 0.